The van der Waals surface area contributed by atoms with Crippen molar-refractivity contribution in [2.24, 2.45) is 30.7 Å². The molecule has 17 nitrogen and oxygen atoms in total. The minimum atomic E-state index is -5.00. The van der Waals surface area contributed by atoms with Gasteiger partial charge < -0.3 is 10.5 Å². The third kappa shape index (κ3) is 10.5. The maximum absolute atomic E-state index is 12.0. The molecule has 0 saturated heterocycles. The molecule has 0 aromatic heterocycles. The van der Waals surface area contributed by atoms with E-state index in [0.29, 0.717) is 34.4 Å². The highest BCUT2D eigenvalue weighted by molar-refractivity contribution is 7.86. The van der Waals surface area contributed by atoms with E-state index in [4.69, 9.17) is 15.0 Å². The molecule has 0 heterocycles. The van der Waals surface area contributed by atoms with E-state index in [-0.39, 0.29) is 30.2 Å². The fourth-order valence-corrected chi connectivity index (χ4v) is 6.30. The molecule has 4 aromatic carbocycles. The van der Waals surface area contributed by atoms with Gasteiger partial charge >= 0.3 is 0 Å². The van der Waals surface area contributed by atoms with Gasteiger partial charge in [-0.15, -0.1) is 10.2 Å². The summed E-state index contributed by atoms with van der Waals surface area (Å²) in [6.07, 6.45) is -0.0816. The molecule has 0 unspecified atom stereocenters. The molecule has 0 aliphatic carbocycles. The Kier molecular flexibility index (Phi) is 12.0. The minimum Gasteiger partial charge on any atom is -0.491 e. The summed E-state index contributed by atoms with van der Waals surface area (Å²) in [7, 11) is -14.1. The number of nitrogens with two attached hydrogens (primary N) is 1. The van der Waals surface area contributed by atoms with E-state index in [1.165, 1.54) is 12.1 Å². The smallest absolute Gasteiger partial charge is 0.296 e. The van der Waals surface area contributed by atoms with Crippen LogP contribution in [0.3, 0.4) is 0 Å². The molecular formula is C32H35N7O10S3. The summed E-state index contributed by atoms with van der Waals surface area (Å²) in [5.41, 5.74) is 12.0. The molecule has 0 aliphatic rings. The lowest BCUT2D eigenvalue weighted by atomic mass is 10.1. The number of benzene rings is 4. The van der Waals surface area contributed by atoms with Crippen LogP contribution in [0.4, 0.5) is 39.8 Å². The van der Waals surface area contributed by atoms with Crippen LogP contribution in [0.2, 0.25) is 0 Å². The average Bonchev–Trinajstić information content (AvgIpc) is 3.03. The Balaban J connectivity index is 1.69. The zero-order valence-corrected chi connectivity index (χ0v) is 31.0. The van der Waals surface area contributed by atoms with Gasteiger partial charge in [-0.05, 0) is 117 Å². The number of azo groups is 3. The molecule has 276 valence electrons. The van der Waals surface area contributed by atoms with E-state index in [9.17, 15) is 34.4 Å². The molecule has 0 bridgehead atoms. The lowest BCUT2D eigenvalue weighted by molar-refractivity contribution is 0.317. The number of nitrogens with zero attached hydrogens (tertiary/aromatic N) is 6. The van der Waals surface area contributed by atoms with E-state index >= 15 is 0 Å². The quantitative estimate of drug-likeness (QED) is 0.0435. The second-order valence-corrected chi connectivity index (χ2v) is 16.1. The van der Waals surface area contributed by atoms with Crippen molar-refractivity contribution < 1.29 is 43.6 Å². The van der Waals surface area contributed by atoms with Crippen LogP contribution in [0.5, 0.6) is 5.75 Å². The van der Waals surface area contributed by atoms with E-state index in [1.807, 2.05) is 39.8 Å². The van der Waals surface area contributed by atoms with E-state index in [1.54, 1.807) is 19.1 Å². The van der Waals surface area contributed by atoms with Crippen molar-refractivity contribution in [2.45, 2.75) is 50.8 Å². The third-order valence-electron chi connectivity index (χ3n) is 7.48. The molecule has 0 spiro atoms. The van der Waals surface area contributed by atoms with Crippen LogP contribution in [-0.4, -0.2) is 51.3 Å². The van der Waals surface area contributed by atoms with Crippen molar-refractivity contribution in [2.75, 3.05) is 18.1 Å². The molecular weight excluding hydrogens is 739 g/mol. The van der Waals surface area contributed by atoms with Gasteiger partial charge in [-0.3, -0.25) is 13.7 Å². The molecule has 4 aromatic rings. The lowest BCUT2D eigenvalue weighted by Gasteiger charge is -2.11. The van der Waals surface area contributed by atoms with Crippen LogP contribution in [0, 0.1) is 34.6 Å². The minimum absolute atomic E-state index is 0.0734. The zero-order chi connectivity index (χ0) is 38.6. The van der Waals surface area contributed by atoms with Crippen molar-refractivity contribution >= 4 is 70.2 Å². The number of hydrogen-bond donors (Lipinski definition) is 4. The van der Waals surface area contributed by atoms with Gasteiger partial charge in [0.05, 0.1) is 40.0 Å². The molecule has 0 radical (unpaired) electrons. The van der Waals surface area contributed by atoms with Gasteiger partial charge in [-0.1, -0.05) is 0 Å². The summed E-state index contributed by atoms with van der Waals surface area (Å²) in [6.45, 7) is 8.89. The molecule has 0 fully saturated rings. The van der Waals surface area contributed by atoms with Gasteiger partial charge in [0.2, 0.25) is 0 Å². The van der Waals surface area contributed by atoms with Gasteiger partial charge in [0.1, 0.15) is 22.0 Å². The van der Waals surface area contributed by atoms with E-state index in [2.05, 4.69) is 30.7 Å². The second kappa shape index (κ2) is 15.7. The Morgan fingerprint density at radius 2 is 1.00 bits per heavy atom. The molecule has 4 rings (SSSR count). The van der Waals surface area contributed by atoms with Crippen molar-refractivity contribution in [3.63, 3.8) is 0 Å². The summed E-state index contributed by atoms with van der Waals surface area (Å²) in [4.78, 5) is -1.72. The van der Waals surface area contributed by atoms with Gasteiger partial charge in [-0.25, -0.2) is 0 Å². The normalized spacial score (nSPS) is 12.8. The van der Waals surface area contributed by atoms with Crippen LogP contribution in [0.15, 0.2) is 95.1 Å². The fourth-order valence-electron chi connectivity index (χ4n) is 4.59. The maximum Gasteiger partial charge on any atom is 0.296 e. The maximum atomic E-state index is 12.0. The van der Waals surface area contributed by atoms with Crippen LogP contribution >= 0.6 is 0 Å². The first-order valence-corrected chi connectivity index (χ1v) is 19.7. The van der Waals surface area contributed by atoms with Gasteiger partial charge in [-0.2, -0.15) is 45.7 Å². The van der Waals surface area contributed by atoms with Crippen LogP contribution < -0.4 is 10.5 Å². The van der Waals surface area contributed by atoms with E-state index < -0.39 is 51.6 Å². The summed E-state index contributed by atoms with van der Waals surface area (Å²) in [5, 5.41) is 25.5. The summed E-state index contributed by atoms with van der Waals surface area (Å²) in [5.74, 6) is -0.496. The number of hydrogen-bond acceptors (Lipinski definition) is 14. The molecule has 0 saturated carbocycles. The van der Waals surface area contributed by atoms with Crippen LogP contribution in [-0.2, 0) is 30.4 Å². The van der Waals surface area contributed by atoms with Crippen LogP contribution in [0.1, 0.15) is 34.2 Å². The molecule has 5 N–H and O–H groups in total. The SMILES string of the molecule is Cc1cc(N=Nc2cc(C)c(N=Nc3cc(C)c(N=Nc4ccc(S(=O)(=O)O)cc4S(=O)(=O)O)cc3OCCCS(=O)(=O)O)cc2C)c(C)cc1N. The predicted octanol–water partition coefficient (Wildman–Crippen LogP) is 8.21. The molecule has 20 heteroatoms. The first-order chi connectivity index (χ1) is 24.1. The molecule has 0 amide bonds. The Morgan fingerprint density at radius 3 is 1.50 bits per heavy atom. The van der Waals surface area contributed by atoms with Crippen molar-refractivity contribution in [3.05, 3.63) is 82.4 Å². The Hall–Kier alpha value is -4.99. The zero-order valence-electron chi connectivity index (χ0n) is 28.5. The predicted molar refractivity (Wildman–Crippen MR) is 193 cm³/mol. The number of nitrogen functional groups attached to an aromatic ring is 1. The number of aryl methyl sites for hydroxylation is 5. The number of ether oxygens (including phenoxy) is 1. The van der Waals surface area contributed by atoms with Crippen LogP contribution in [0.25, 0.3) is 0 Å². The first-order valence-electron chi connectivity index (χ1n) is 15.2. The van der Waals surface area contributed by atoms with E-state index in [0.717, 1.165) is 34.4 Å². The standard InChI is InChI=1S/C32H35N7O10S3/c1-18-12-26(19(2)11-24(18)33)35-36-27-13-21(4)28(14-20(27)3)37-39-30-15-22(5)29(17-31(30)49-9-6-10-50(40,41)42)38-34-25-8-7-23(51(43,44)45)16-32(25)52(46,47)48/h7-8,11-17H,6,9-10,33H2,1-5H3,(H,40,41,42)(H,43,44,45)(H,46,47,48). The number of rotatable bonds is 13. The first kappa shape index (κ1) is 39.8. The monoisotopic (exact) mass is 773 g/mol. The van der Waals surface area contributed by atoms with Gasteiger partial charge in [0.25, 0.3) is 30.4 Å². The Bertz CT molecular complexity index is 2470. The third-order valence-corrected chi connectivity index (χ3v) is 10.0. The second-order valence-electron chi connectivity index (χ2n) is 11.7. The summed E-state index contributed by atoms with van der Waals surface area (Å²) >= 11 is 0. The Morgan fingerprint density at radius 1 is 0.558 bits per heavy atom. The topological polar surface area (TPSA) is 273 Å². The van der Waals surface area contributed by atoms with Gasteiger partial charge in [0.15, 0.2) is 0 Å². The highest BCUT2D eigenvalue weighted by Gasteiger charge is 2.21. The van der Waals surface area contributed by atoms with Crippen molar-refractivity contribution in [1.82, 2.24) is 0 Å². The highest BCUT2D eigenvalue weighted by Crippen LogP contribution is 2.39. The highest BCUT2D eigenvalue weighted by atomic mass is 32.2. The molecule has 52 heavy (non-hydrogen) atoms. The average molecular weight is 774 g/mol. The molecule has 0 aliphatic heterocycles. The number of anilines is 1. The summed E-state index contributed by atoms with van der Waals surface area (Å²) < 4.78 is 103. The van der Waals surface area contributed by atoms with Crippen molar-refractivity contribution in [1.29, 1.82) is 0 Å². The fraction of sp³-hybridized carbons (Fsp3) is 0.250. The molecule has 0 atom stereocenters. The van der Waals surface area contributed by atoms with Gasteiger partial charge in [0, 0.05) is 11.8 Å². The lowest BCUT2D eigenvalue weighted by Crippen LogP contribution is -2.08. The largest absolute Gasteiger partial charge is 0.491 e. The van der Waals surface area contributed by atoms with Crippen molar-refractivity contribution in [3.8, 4) is 5.75 Å². The Labute approximate surface area is 300 Å². The summed E-state index contributed by atoms with van der Waals surface area (Å²) in [6, 6.07) is 12.5.